The van der Waals surface area contributed by atoms with Gasteiger partial charge in [-0.25, -0.2) is 0 Å². The SMILES string of the molecule is Cl.Cl.NC1(C(=O)NCc2ccc(C(=O)Nc3cccnc3)cc2)CCOCC1. The maximum absolute atomic E-state index is 12.3. The van der Waals surface area contributed by atoms with E-state index >= 15 is 0 Å². The predicted octanol–water partition coefficient (Wildman–Crippen LogP) is 2.30. The largest absolute Gasteiger partial charge is 0.381 e. The fourth-order valence-corrected chi connectivity index (χ4v) is 2.74. The molecule has 1 aromatic carbocycles. The number of nitrogens with zero attached hydrogens (tertiary/aromatic N) is 1. The van der Waals surface area contributed by atoms with E-state index in [0.717, 1.165) is 5.56 Å². The van der Waals surface area contributed by atoms with Crippen molar-refractivity contribution in [2.24, 2.45) is 5.73 Å². The van der Waals surface area contributed by atoms with Crippen molar-refractivity contribution in [3.63, 3.8) is 0 Å². The smallest absolute Gasteiger partial charge is 0.255 e. The van der Waals surface area contributed by atoms with Crippen LogP contribution in [0.4, 0.5) is 5.69 Å². The van der Waals surface area contributed by atoms with Crippen molar-refractivity contribution in [3.05, 3.63) is 59.9 Å². The average molecular weight is 427 g/mol. The van der Waals surface area contributed by atoms with Gasteiger partial charge in [0.1, 0.15) is 0 Å². The number of carbonyl (C=O) groups excluding carboxylic acids is 2. The van der Waals surface area contributed by atoms with E-state index in [1.54, 1.807) is 36.7 Å². The van der Waals surface area contributed by atoms with Crippen LogP contribution in [-0.2, 0) is 16.1 Å². The molecule has 2 aromatic rings. The zero-order valence-electron chi connectivity index (χ0n) is 15.2. The number of hydrogen-bond acceptors (Lipinski definition) is 5. The van der Waals surface area contributed by atoms with Crippen LogP contribution in [0.15, 0.2) is 48.8 Å². The number of halogens is 2. The van der Waals surface area contributed by atoms with Crippen LogP contribution in [0.25, 0.3) is 0 Å². The molecule has 1 aromatic heterocycles. The number of benzene rings is 1. The van der Waals surface area contributed by atoms with E-state index < -0.39 is 5.54 Å². The number of rotatable bonds is 5. The van der Waals surface area contributed by atoms with Crippen molar-refractivity contribution >= 4 is 42.3 Å². The molecular formula is C19H24Cl2N4O3. The minimum Gasteiger partial charge on any atom is -0.381 e. The highest BCUT2D eigenvalue weighted by Gasteiger charge is 2.35. The van der Waals surface area contributed by atoms with Crippen molar-refractivity contribution in [1.29, 1.82) is 0 Å². The summed E-state index contributed by atoms with van der Waals surface area (Å²) < 4.78 is 5.25. The highest BCUT2D eigenvalue weighted by Crippen LogP contribution is 2.18. The lowest BCUT2D eigenvalue weighted by atomic mass is 9.90. The Hall–Kier alpha value is -2.19. The molecule has 1 saturated heterocycles. The Morgan fingerprint density at radius 3 is 2.39 bits per heavy atom. The standard InChI is InChI=1S/C19H22N4O3.2ClH/c20-19(7-10-26-11-8-19)18(25)22-12-14-3-5-15(6-4-14)17(24)23-16-2-1-9-21-13-16;;/h1-6,9,13H,7-8,10-12,20H2,(H,22,25)(H,23,24);2*1H. The van der Waals surface area contributed by atoms with Gasteiger partial charge in [0.25, 0.3) is 5.91 Å². The number of anilines is 1. The zero-order valence-corrected chi connectivity index (χ0v) is 16.9. The van der Waals surface area contributed by atoms with Gasteiger partial charge in [-0.3, -0.25) is 14.6 Å². The number of ether oxygens (including phenoxy) is 1. The topological polar surface area (TPSA) is 106 Å². The second-order valence-electron chi connectivity index (χ2n) is 6.34. The fourth-order valence-electron chi connectivity index (χ4n) is 2.74. The Labute approximate surface area is 176 Å². The molecule has 152 valence electrons. The maximum atomic E-state index is 12.3. The molecule has 0 saturated carbocycles. The van der Waals surface area contributed by atoms with Gasteiger partial charge < -0.3 is 21.1 Å². The Bertz CT molecular complexity index is 767. The second-order valence-corrected chi connectivity index (χ2v) is 6.34. The molecule has 1 aliphatic rings. The van der Waals surface area contributed by atoms with Crippen LogP contribution in [0, 0.1) is 0 Å². The molecule has 0 bridgehead atoms. The van der Waals surface area contributed by atoms with Crippen LogP contribution in [0.3, 0.4) is 0 Å². The highest BCUT2D eigenvalue weighted by atomic mass is 35.5. The number of pyridine rings is 1. The van der Waals surface area contributed by atoms with E-state index in [4.69, 9.17) is 10.5 Å². The summed E-state index contributed by atoms with van der Waals surface area (Å²) in [5, 5.41) is 5.65. The minimum absolute atomic E-state index is 0. The first-order chi connectivity index (χ1) is 12.6. The van der Waals surface area contributed by atoms with Crippen molar-refractivity contribution in [2.45, 2.75) is 24.9 Å². The third-order valence-electron chi connectivity index (χ3n) is 4.43. The lowest BCUT2D eigenvalue weighted by Gasteiger charge is -2.31. The summed E-state index contributed by atoms with van der Waals surface area (Å²) in [5.74, 6) is -0.379. The van der Waals surface area contributed by atoms with Crippen LogP contribution in [-0.4, -0.2) is 35.6 Å². The van der Waals surface area contributed by atoms with E-state index in [9.17, 15) is 9.59 Å². The highest BCUT2D eigenvalue weighted by molar-refractivity contribution is 6.04. The first kappa shape index (κ1) is 23.8. The molecule has 1 fully saturated rings. The molecule has 1 aliphatic heterocycles. The Morgan fingerprint density at radius 1 is 1.11 bits per heavy atom. The van der Waals surface area contributed by atoms with Crippen molar-refractivity contribution in [1.82, 2.24) is 10.3 Å². The predicted molar refractivity (Wildman–Crippen MR) is 112 cm³/mol. The number of aromatic nitrogens is 1. The molecular weight excluding hydrogens is 403 g/mol. The van der Waals surface area contributed by atoms with Gasteiger partial charge in [-0.05, 0) is 42.7 Å². The molecule has 7 nitrogen and oxygen atoms in total. The molecule has 9 heteroatoms. The van der Waals surface area contributed by atoms with Crippen molar-refractivity contribution < 1.29 is 14.3 Å². The summed E-state index contributed by atoms with van der Waals surface area (Å²) in [6, 6.07) is 10.6. The molecule has 3 rings (SSSR count). The maximum Gasteiger partial charge on any atom is 0.255 e. The van der Waals surface area contributed by atoms with Gasteiger partial charge in [-0.15, -0.1) is 24.8 Å². The lowest BCUT2D eigenvalue weighted by Crippen LogP contribution is -2.56. The van der Waals surface area contributed by atoms with Gasteiger partial charge >= 0.3 is 0 Å². The summed E-state index contributed by atoms with van der Waals surface area (Å²) >= 11 is 0. The summed E-state index contributed by atoms with van der Waals surface area (Å²) in [4.78, 5) is 28.5. The van der Waals surface area contributed by atoms with Crippen LogP contribution in [0.1, 0.15) is 28.8 Å². The molecule has 0 atom stereocenters. The van der Waals surface area contributed by atoms with Crippen LogP contribution in [0.5, 0.6) is 0 Å². The third-order valence-corrected chi connectivity index (χ3v) is 4.43. The van der Waals surface area contributed by atoms with Crippen LogP contribution >= 0.6 is 24.8 Å². The lowest BCUT2D eigenvalue weighted by molar-refractivity contribution is -0.129. The normalized spacial score (nSPS) is 14.8. The van der Waals surface area contributed by atoms with Crippen molar-refractivity contribution in [2.75, 3.05) is 18.5 Å². The quantitative estimate of drug-likeness (QED) is 0.679. The van der Waals surface area contributed by atoms with Gasteiger partial charge in [0.05, 0.1) is 17.4 Å². The number of nitrogens with two attached hydrogens (primary N) is 1. The molecule has 2 amide bonds. The summed E-state index contributed by atoms with van der Waals surface area (Å²) in [6.07, 6.45) is 4.27. The fraction of sp³-hybridized carbons (Fsp3) is 0.316. The summed E-state index contributed by atoms with van der Waals surface area (Å²) in [7, 11) is 0. The minimum atomic E-state index is -0.859. The molecule has 4 N–H and O–H groups in total. The van der Waals surface area contributed by atoms with Crippen molar-refractivity contribution in [3.8, 4) is 0 Å². The first-order valence-corrected chi connectivity index (χ1v) is 8.52. The van der Waals surface area contributed by atoms with Gasteiger partial charge in [-0.1, -0.05) is 12.1 Å². The Balaban J connectivity index is 0.00000196. The van der Waals surface area contributed by atoms with E-state index in [1.165, 1.54) is 0 Å². The zero-order chi connectivity index (χ0) is 18.4. The van der Waals surface area contributed by atoms with Gasteiger partial charge in [0, 0.05) is 31.5 Å². The van der Waals surface area contributed by atoms with E-state index in [0.29, 0.717) is 43.9 Å². The van der Waals surface area contributed by atoms with E-state index in [2.05, 4.69) is 15.6 Å². The molecule has 0 radical (unpaired) electrons. The number of carbonyl (C=O) groups is 2. The molecule has 28 heavy (non-hydrogen) atoms. The van der Waals surface area contributed by atoms with Gasteiger partial charge in [0.15, 0.2) is 0 Å². The van der Waals surface area contributed by atoms with E-state index in [1.807, 2.05) is 12.1 Å². The van der Waals surface area contributed by atoms with Gasteiger partial charge in [0.2, 0.25) is 5.91 Å². The molecule has 0 aliphatic carbocycles. The average Bonchev–Trinajstić information content (AvgIpc) is 2.68. The molecule has 0 spiro atoms. The Kier molecular flexibility index (Phi) is 9.34. The van der Waals surface area contributed by atoms with Crippen LogP contribution in [0.2, 0.25) is 0 Å². The number of amides is 2. The summed E-state index contributed by atoms with van der Waals surface area (Å²) in [6.45, 7) is 1.37. The molecule has 0 unspecified atom stereocenters. The number of nitrogens with one attached hydrogen (secondary N) is 2. The monoisotopic (exact) mass is 426 g/mol. The van der Waals surface area contributed by atoms with Crippen LogP contribution < -0.4 is 16.4 Å². The second kappa shape index (κ2) is 11.0. The molecule has 2 heterocycles. The summed E-state index contributed by atoms with van der Waals surface area (Å²) in [5.41, 5.74) is 7.36. The third kappa shape index (κ3) is 6.17. The Morgan fingerprint density at radius 2 is 1.79 bits per heavy atom. The first-order valence-electron chi connectivity index (χ1n) is 8.52. The van der Waals surface area contributed by atoms with Gasteiger partial charge in [-0.2, -0.15) is 0 Å². The van der Waals surface area contributed by atoms with E-state index in [-0.39, 0.29) is 36.6 Å². The number of hydrogen-bond donors (Lipinski definition) is 3.